The van der Waals surface area contributed by atoms with Crippen LogP contribution in [-0.4, -0.2) is 53.8 Å². The lowest BCUT2D eigenvalue weighted by Crippen LogP contribution is -2.47. The Labute approximate surface area is 205 Å². The van der Waals surface area contributed by atoms with Crippen LogP contribution in [0.5, 0.6) is 0 Å². The summed E-state index contributed by atoms with van der Waals surface area (Å²) in [6, 6.07) is 15.6. The molecular formula is C27H34F2N4O2. The lowest BCUT2D eigenvalue weighted by atomic mass is 9.84. The summed E-state index contributed by atoms with van der Waals surface area (Å²) in [6.45, 7) is 5.29. The van der Waals surface area contributed by atoms with Gasteiger partial charge in [0.05, 0.1) is 18.3 Å². The van der Waals surface area contributed by atoms with Gasteiger partial charge in [-0.05, 0) is 17.0 Å². The van der Waals surface area contributed by atoms with Gasteiger partial charge in [-0.2, -0.15) is 0 Å². The SMILES string of the molecule is COCC(=O)N(C[C@H](F)CN)[C@@H](c1nc(-c2ccccc2)c(Cc2ccccc2F)[nH]1)C(C)(C)C. The summed E-state index contributed by atoms with van der Waals surface area (Å²) in [5.74, 6) is -0.177. The first-order valence-electron chi connectivity index (χ1n) is 11.7. The number of nitrogens with one attached hydrogen (secondary N) is 1. The van der Waals surface area contributed by atoms with Gasteiger partial charge in [-0.1, -0.05) is 69.3 Å². The first-order chi connectivity index (χ1) is 16.7. The van der Waals surface area contributed by atoms with Crippen molar-refractivity contribution >= 4 is 5.91 Å². The maximum absolute atomic E-state index is 14.5. The molecule has 0 aliphatic rings. The number of aromatic amines is 1. The van der Waals surface area contributed by atoms with Gasteiger partial charge in [0.1, 0.15) is 24.4 Å². The molecule has 1 aromatic heterocycles. The number of hydrogen-bond donors (Lipinski definition) is 2. The van der Waals surface area contributed by atoms with Crippen molar-refractivity contribution in [2.24, 2.45) is 11.1 Å². The number of benzene rings is 2. The van der Waals surface area contributed by atoms with Crippen molar-refractivity contribution in [3.05, 3.63) is 77.5 Å². The number of hydrogen-bond acceptors (Lipinski definition) is 4. The first kappa shape index (κ1) is 26.5. The second-order valence-corrected chi connectivity index (χ2v) is 9.66. The zero-order valence-corrected chi connectivity index (χ0v) is 20.7. The molecule has 1 amide bonds. The lowest BCUT2D eigenvalue weighted by Gasteiger charge is -2.39. The van der Waals surface area contributed by atoms with Crippen molar-refractivity contribution < 1.29 is 18.3 Å². The van der Waals surface area contributed by atoms with E-state index in [1.165, 1.54) is 18.1 Å². The van der Waals surface area contributed by atoms with Gasteiger partial charge < -0.3 is 20.4 Å². The molecule has 0 fully saturated rings. The van der Waals surface area contributed by atoms with E-state index in [9.17, 15) is 13.6 Å². The maximum atomic E-state index is 14.5. The number of imidazole rings is 1. The molecule has 0 aliphatic carbocycles. The van der Waals surface area contributed by atoms with Gasteiger partial charge in [0.2, 0.25) is 5.91 Å². The minimum atomic E-state index is -1.40. The second-order valence-electron chi connectivity index (χ2n) is 9.66. The Morgan fingerprint density at radius 2 is 1.80 bits per heavy atom. The Balaban J connectivity index is 2.15. The summed E-state index contributed by atoms with van der Waals surface area (Å²) in [4.78, 5) is 22.8. The van der Waals surface area contributed by atoms with E-state index in [4.69, 9.17) is 15.5 Å². The predicted molar refractivity (Wildman–Crippen MR) is 133 cm³/mol. The number of amides is 1. The number of nitrogens with zero attached hydrogens (tertiary/aromatic N) is 2. The molecule has 3 rings (SSSR count). The summed E-state index contributed by atoms with van der Waals surface area (Å²) in [5.41, 5.74) is 7.77. The highest BCUT2D eigenvalue weighted by Crippen LogP contribution is 2.39. The zero-order valence-electron chi connectivity index (χ0n) is 20.7. The Kier molecular flexibility index (Phi) is 8.75. The number of rotatable bonds is 10. The van der Waals surface area contributed by atoms with Gasteiger partial charge in [0.15, 0.2) is 0 Å². The highest BCUT2D eigenvalue weighted by Gasteiger charge is 2.38. The van der Waals surface area contributed by atoms with Crippen molar-refractivity contribution in [3.8, 4) is 11.3 Å². The fourth-order valence-corrected chi connectivity index (χ4v) is 4.22. The Morgan fingerprint density at radius 1 is 1.14 bits per heavy atom. The number of H-pyrrole nitrogens is 1. The normalized spacial score (nSPS) is 13.5. The van der Waals surface area contributed by atoms with Crippen molar-refractivity contribution in [2.45, 2.75) is 39.4 Å². The molecule has 0 saturated carbocycles. The maximum Gasteiger partial charge on any atom is 0.249 e. The van der Waals surface area contributed by atoms with Crippen LogP contribution in [-0.2, 0) is 16.0 Å². The molecule has 2 aromatic carbocycles. The number of carbonyl (C=O) groups is 1. The molecular weight excluding hydrogens is 450 g/mol. The van der Waals surface area contributed by atoms with E-state index in [0.29, 0.717) is 22.8 Å². The fraction of sp³-hybridized carbons (Fsp3) is 0.407. The predicted octanol–water partition coefficient (Wildman–Crippen LogP) is 4.67. The average molecular weight is 485 g/mol. The first-order valence-corrected chi connectivity index (χ1v) is 11.7. The van der Waals surface area contributed by atoms with E-state index in [0.717, 1.165) is 5.56 Å². The molecule has 3 aromatic rings. The van der Waals surface area contributed by atoms with Crippen LogP contribution >= 0.6 is 0 Å². The van der Waals surface area contributed by atoms with E-state index in [2.05, 4.69) is 4.98 Å². The molecule has 0 radical (unpaired) electrons. The Bertz CT molecular complexity index is 1110. The van der Waals surface area contributed by atoms with Gasteiger partial charge >= 0.3 is 0 Å². The second kappa shape index (κ2) is 11.6. The number of alkyl halides is 1. The molecule has 0 unspecified atom stereocenters. The van der Waals surface area contributed by atoms with Crippen LogP contribution in [0.15, 0.2) is 54.6 Å². The largest absolute Gasteiger partial charge is 0.375 e. The molecule has 0 bridgehead atoms. The molecule has 1 heterocycles. The lowest BCUT2D eigenvalue weighted by molar-refractivity contribution is -0.141. The summed E-state index contributed by atoms with van der Waals surface area (Å²) in [5, 5.41) is 0. The van der Waals surface area contributed by atoms with Gasteiger partial charge in [-0.25, -0.2) is 13.8 Å². The van der Waals surface area contributed by atoms with Crippen LogP contribution in [0.1, 0.15) is 43.9 Å². The smallest absolute Gasteiger partial charge is 0.249 e. The Morgan fingerprint density at radius 3 is 2.40 bits per heavy atom. The number of methoxy groups -OCH3 is 1. The Hall–Kier alpha value is -3.10. The van der Waals surface area contributed by atoms with Crippen molar-refractivity contribution in [1.82, 2.24) is 14.9 Å². The molecule has 0 spiro atoms. The quantitative estimate of drug-likeness (QED) is 0.438. The number of nitrogens with two attached hydrogens (primary N) is 1. The van der Waals surface area contributed by atoms with Crippen LogP contribution in [0, 0.1) is 11.2 Å². The van der Waals surface area contributed by atoms with E-state index in [1.807, 2.05) is 51.1 Å². The number of carbonyl (C=O) groups excluding carboxylic acids is 1. The molecule has 8 heteroatoms. The van der Waals surface area contributed by atoms with Crippen LogP contribution in [0.3, 0.4) is 0 Å². The van der Waals surface area contributed by atoms with Crippen LogP contribution in [0.25, 0.3) is 11.3 Å². The van der Waals surface area contributed by atoms with Crippen LogP contribution in [0.4, 0.5) is 8.78 Å². The molecule has 35 heavy (non-hydrogen) atoms. The van der Waals surface area contributed by atoms with E-state index < -0.39 is 17.6 Å². The summed E-state index contributed by atoms with van der Waals surface area (Å²) in [7, 11) is 1.42. The zero-order chi connectivity index (χ0) is 25.6. The van der Waals surface area contributed by atoms with Gasteiger partial charge in [-0.3, -0.25) is 4.79 Å². The number of halogens is 2. The minimum Gasteiger partial charge on any atom is -0.375 e. The molecule has 188 valence electrons. The van der Waals surface area contributed by atoms with Crippen LogP contribution < -0.4 is 5.73 Å². The van der Waals surface area contributed by atoms with E-state index in [-0.39, 0.29) is 37.8 Å². The van der Waals surface area contributed by atoms with Crippen molar-refractivity contribution in [3.63, 3.8) is 0 Å². The molecule has 6 nitrogen and oxygen atoms in total. The third-order valence-electron chi connectivity index (χ3n) is 5.80. The van der Waals surface area contributed by atoms with Crippen molar-refractivity contribution in [2.75, 3.05) is 26.8 Å². The molecule has 0 saturated heterocycles. The topological polar surface area (TPSA) is 84.2 Å². The molecule has 0 aliphatic heterocycles. The van der Waals surface area contributed by atoms with Crippen molar-refractivity contribution in [1.29, 1.82) is 0 Å². The summed E-state index contributed by atoms with van der Waals surface area (Å²) < 4.78 is 34.1. The average Bonchev–Trinajstić information content (AvgIpc) is 3.22. The minimum absolute atomic E-state index is 0.190. The number of aromatic nitrogens is 2. The highest BCUT2D eigenvalue weighted by molar-refractivity contribution is 5.78. The van der Waals surface area contributed by atoms with E-state index in [1.54, 1.807) is 18.2 Å². The molecule has 3 N–H and O–H groups in total. The summed E-state index contributed by atoms with van der Waals surface area (Å²) in [6.07, 6.45) is -1.12. The monoisotopic (exact) mass is 484 g/mol. The van der Waals surface area contributed by atoms with E-state index >= 15 is 0 Å². The summed E-state index contributed by atoms with van der Waals surface area (Å²) >= 11 is 0. The third-order valence-corrected chi connectivity index (χ3v) is 5.80. The van der Waals surface area contributed by atoms with Gasteiger partial charge in [0.25, 0.3) is 0 Å². The third kappa shape index (κ3) is 6.52. The fourth-order valence-electron chi connectivity index (χ4n) is 4.22. The van der Waals surface area contributed by atoms with Crippen LogP contribution in [0.2, 0.25) is 0 Å². The standard InChI is InChI=1S/C27H34F2N4O2/c1-27(2,3)25(33(16-20(28)15-30)23(34)17-35-4)26-31-22(14-19-12-8-9-13-21(19)29)24(32-26)18-10-6-5-7-11-18/h5-13,20,25H,14-17,30H2,1-4H3,(H,31,32)/t20-,25+/m1/s1. The number of ether oxygens (including phenoxy) is 1. The van der Waals surface area contributed by atoms with Gasteiger partial charge in [-0.15, -0.1) is 0 Å². The molecule has 2 atom stereocenters. The van der Waals surface area contributed by atoms with Gasteiger partial charge in [0, 0.05) is 31.3 Å². The highest BCUT2D eigenvalue weighted by atomic mass is 19.1.